The molecule has 128 valence electrons. The number of hydrogen-bond donors (Lipinski definition) is 2. The van der Waals surface area contributed by atoms with E-state index in [1.54, 1.807) is 6.08 Å². The molecule has 3 N–H and O–H groups in total. The van der Waals surface area contributed by atoms with Crippen molar-refractivity contribution in [1.82, 2.24) is 19.7 Å². The van der Waals surface area contributed by atoms with E-state index in [9.17, 15) is 4.79 Å². The molecule has 1 aliphatic carbocycles. The number of aromatic nitrogens is 4. The Morgan fingerprint density at radius 1 is 1.56 bits per heavy atom. The summed E-state index contributed by atoms with van der Waals surface area (Å²) in [5.41, 5.74) is 7.66. The van der Waals surface area contributed by atoms with Crippen LogP contribution in [-0.2, 0) is 6.54 Å². The van der Waals surface area contributed by atoms with E-state index in [-0.39, 0.29) is 0 Å². The lowest BCUT2D eigenvalue weighted by molar-refractivity contribution is 0.0997. The summed E-state index contributed by atoms with van der Waals surface area (Å²) in [6.07, 6.45) is 9.60. The second-order valence-electron chi connectivity index (χ2n) is 5.93. The maximum Gasteiger partial charge on any atom is 0.268 e. The molecule has 1 aliphatic rings. The molecule has 0 bridgehead atoms. The monoisotopic (exact) mass is 354 g/mol. The van der Waals surface area contributed by atoms with Crippen LogP contribution < -0.4 is 10.6 Å². The normalized spacial score (nSPS) is 13.8. The zero-order valence-electron chi connectivity index (χ0n) is 13.6. The third-order valence-corrected chi connectivity index (χ3v) is 5.11. The van der Waals surface area contributed by atoms with Gasteiger partial charge in [-0.2, -0.15) is 5.10 Å². The molecule has 7 nitrogen and oxygen atoms in total. The summed E-state index contributed by atoms with van der Waals surface area (Å²) in [6, 6.07) is 4.18. The molecule has 8 heteroatoms. The molecule has 3 aromatic rings. The fraction of sp³-hybridized carbons (Fsp3) is 0.235. The van der Waals surface area contributed by atoms with Gasteiger partial charge in [-0.25, -0.2) is 4.98 Å². The molecule has 0 saturated heterocycles. The number of hydrogen-bond acceptors (Lipinski definition) is 5. The average Bonchev–Trinajstić information content (AvgIpc) is 3.01. The third kappa shape index (κ3) is 2.96. The lowest BCUT2D eigenvalue weighted by Gasteiger charge is -2.19. The van der Waals surface area contributed by atoms with Crippen LogP contribution in [0.15, 0.2) is 43.4 Å². The summed E-state index contributed by atoms with van der Waals surface area (Å²) < 4.78 is 1.83. The van der Waals surface area contributed by atoms with E-state index in [1.165, 1.54) is 11.3 Å². The number of aromatic amines is 1. The Kier molecular flexibility index (Phi) is 3.89. The predicted molar refractivity (Wildman–Crippen MR) is 98.0 cm³/mol. The highest BCUT2D eigenvalue weighted by atomic mass is 32.1. The maximum atomic E-state index is 11.9. The molecule has 0 aliphatic heterocycles. The molecular weight excluding hydrogens is 336 g/mol. The average molecular weight is 354 g/mol. The molecule has 1 fully saturated rings. The van der Waals surface area contributed by atoms with Crippen LogP contribution in [0.4, 0.5) is 10.8 Å². The van der Waals surface area contributed by atoms with E-state index in [4.69, 9.17) is 5.73 Å². The minimum Gasteiger partial charge on any atom is -0.364 e. The maximum absolute atomic E-state index is 11.9. The Morgan fingerprint density at radius 2 is 2.40 bits per heavy atom. The number of primary amides is 1. The Balaban J connectivity index is 1.76. The fourth-order valence-electron chi connectivity index (χ4n) is 2.75. The Labute approximate surface area is 148 Å². The number of rotatable bonds is 7. The number of anilines is 2. The molecule has 1 amide bonds. The predicted octanol–water partition coefficient (Wildman–Crippen LogP) is 2.92. The quantitative estimate of drug-likeness (QED) is 0.638. The van der Waals surface area contributed by atoms with Crippen LogP contribution in [0.25, 0.3) is 10.6 Å². The molecule has 0 atom stereocenters. The highest BCUT2D eigenvalue weighted by molar-refractivity contribution is 7.19. The van der Waals surface area contributed by atoms with Gasteiger partial charge in [-0.05, 0) is 25.0 Å². The van der Waals surface area contributed by atoms with Crippen LogP contribution in [0.2, 0.25) is 0 Å². The molecule has 1 saturated carbocycles. The van der Waals surface area contributed by atoms with Crippen molar-refractivity contribution in [1.29, 1.82) is 0 Å². The minimum absolute atomic E-state index is 0.298. The van der Waals surface area contributed by atoms with Crippen molar-refractivity contribution in [2.45, 2.75) is 25.4 Å². The van der Waals surface area contributed by atoms with Gasteiger partial charge in [0, 0.05) is 18.4 Å². The minimum atomic E-state index is -0.523. The van der Waals surface area contributed by atoms with Crippen LogP contribution in [0, 0.1) is 0 Å². The molecule has 0 unspecified atom stereocenters. The summed E-state index contributed by atoms with van der Waals surface area (Å²) >= 11 is 1.46. The number of thiazole rings is 1. The molecule has 3 heterocycles. The molecule has 0 aromatic carbocycles. The van der Waals surface area contributed by atoms with Gasteiger partial charge in [0.1, 0.15) is 0 Å². The van der Waals surface area contributed by atoms with Crippen LogP contribution >= 0.6 is 11.3 Å². The van der Waals surface area contributed by atoms with Crippen molar-refractivity contribution in [3.63, 3.8) is 0 Å². The van der Waals surface area contributed by atoms with Crippen molar-refractivity contribution in [3.8, 4) is 10.6 Å². The van der Waals surface area contributed by atoms with E-state index < -0.39 is 5.91 Å². The summed E-state index contributed by atoms with van der Waals surface area (Å²) in [5, 5.41) is 5.12. The first-order chi connectivity index (χ1) is 12.2. The van der Waals surface area contributed by atoms with E-state index >= 15 is 0 Å². The Bertz CT molecular complexity index is 906. The first-order valence-electron chi connectivity index (χ1n) is 8.04. The van der Waals surface area contributed by atoms with Crippen LogP contribution in [-0.4, -0.2) is 31.7 Å². The summed E-state index contributed by atoms with van der Waals surface area (Å²) in [6.45, 7) is 4.39. The van der Waals surface area contributed by atoms with Crippen LogP contribution in [0.5, 0.6) is 0 Å². The number of nitrogens with two attached hydrogens (primary N) is 1. The zero-order chi connectivity index (χ0) is 17.4. The van der Waals surface area contributed by atoms with E-state index in [0.29, 0.717) is 18.3 Å². The van der Waals surface area contributed by atoms with Gasteiger partial charge in [0.05, 0.1) is 29.0 Å². The van der Waals surface area contributed by atoms with Gasteiger partial charge < -0.3 is 15.6 Å². The van der Waals surface area contributed by atoms with Crippen LogP contribution in [0.1, 0.15) is 23.3 Å². The highest BCUT2D eigenvalue weighted by Crippen LogP contribution is 2.42. The van der Waals surface area contributed by atoms with E-state index in [1.807, 2.05) is 35.4 Å². The third-order valence-electron chi connectivity index (χ3n) is 4.02. The number of nitrogens with one attached hydrogen (secondary N) is 1. The smallest absolute Gasteiger partial charge is 0.268 e. The standard InChI is InChI=1S/C17H18N6OS/c1-2-8-22-10-12(9-20-22)23(11-5-6-11)17-21-14(16(18)24)15(25-17)13-4-3-7-19-13/h2-4,7,9-11,19H,1,5-6,8H2,(H2,18,24). The van der Waals surface area contributed by atoms with Crippen molar-refractivity contribution in [2.24, 2.45) is 5.73 Å². The number of carbonyl (C=O) groups excluding carboxylic acids is 1. The number of amides is 1. The van der Waals surface area contributed by atoms with Gasteiger partial charge in [0.15, 0.2) is 10.8 Å². The van der Waals surface area contributed by atoms with E-state index in [2.05, 4.69) is 26.5 Å². The highest BCUT2D eigenvalue weighted by Gasteiger charge is 2.34. The molecule has 4 rings (SSSR count). The van der Waals surface area contributed by atoms with Crippen LogP contribution in [0.3, 0.4) is 0 Å². The first kappa shape index (κ1) is 15.6. The summed E-state index contributed by atoms with van der Waals surface area (Å²) in [5.74, 6) is -0.523. The summed E-state index contributed by atoms with van der Waals surface area (Å²) in [4.78, 5) is 22.5. The molecule has 3 aromatic heterocycles. The van der Waals surface area contributed by atoms with Gasteiger partial charge >= 0.3 is 0 Å². The zero-order valence-corrected chi connectivity index (χ0v) is 14.4. The van der Waals surface area contributed by atoms with Gasteiger partial charge in [0.25, 0.3) is 5.91 Å². The van der Waals surface area contributed by atoms with Crippen molar-refractivity contribution in [2.75, 3.05) is 4.90 Å². The first-order valence-corrected chi connectivity index (χ1v) is 8.86. The molecule has 25 heavy (non-hydrogen) atoms. The number of carbonyl (C=O) groups is 1. The van der Waals surface area contributed by atoms with Crippen molar-refractivity contribution >= 4 is 28.1 Å². The number of H-pyrrole nitrogens is 1. The number of allylic oxidation sites excluding steroid dienone is 1. The number of nitrogens with zero attached hydrogens (tertiary/aromatic N) is 4. The Morgan fingerprint density at radius 3 is 3.04 bits per heavy atom. The molecule has 0 spiro atoms. The lowest BCUT2D eigenvalue weighted by atomic mass is 10.3. The molecule has 0 radical (unpaired) electrons. The molecular formula is C17H18N6OS. The fourth-order valence-corrected chi connectivity index (χ4v) is 3.90. The Hall–Kier alpha value is -2.87. The van der Waals surface area contributed by atoms with E-state index in [0.717, 1.165) is 34.2 Å². The SMILES string of the molecule is C=CCn1cc(N(c2nc(C(N)=O)c(-c3ccc[nH]3)s2)C2CC2)cn1. The second kappa shape index (κ2) is 6.21. The van der Waals surface area contributed by atoms with Gasteiger partial charge in [-0.1, -0.05) is 17.4 Å². The van der Waals surface area contributed by atoms with Gasteiger partial charge in [-0.3, -0.25) is 9.48 Å². The second-order valence-corrected chi connectivity index (χ2v) is 6.91. The lowest BCUT2D eigenvalue weighted by Crippen LogP contribution is -2.19. The van der Waals surface area contributed by atoms with Crippen molar-refractivity contribution < 1.29 is 4.79 Å². The van der Waals surface area contributed by atoms with Gasteiger partial charge in [0.2, 0.25) is 0 Å². The van der Waals surface area contributed by atoms with Gasteiger partial charge in [-0.15, -0.1) is 6.58 Å². The topological polar surface area (TPSA) is 92.8 Å². The summed E-state index contributed by atoms with van der Waals surface area (Å²) in [7, 11) is 0. The largest absolute Gasteiger partial charge is 0.364 e. The van der Waals surface area contributed by atoms with Crippen molar-refractivity contribution in [3.05, 3.63) is 49.1 Å².